The van der Waals surface area contributed by atoms with E-state index in [0.29, 0.717) is 19.1 Å². The van der Waals surface area contributed by atoms with Gasteiger partial charge in [0.25, 0.3) is 0 Å². The molecule has 0 aliphatic carbocycles. The number of aliphatic imine (C=N–C) groups is 1. The predicted octanol–water partition coefficient (Wildman–Crippen LogP) is 2.46. The number of nitrogens with zero attached hydrogens (tertiary/aromatic N) is 5. The summed E-state index contributed by atoms with van der Waals surface area (Å²) in [7, 11) is 1.98. The Morgan fingerprint density at radius 2 is 2.00 bits per heavy atom. The predicted molar refractivity (Wildman–Crippen MR) is 124 cm³/mol. The molecule has 0 spiro atoms. The van der Waals surface area contributed by atoms with E-state index in [4.69, 9.17) is 4.99 Å². The number of hydrogen-bond acceptors (Lipinski definition) is 4. The molecule has 0 saturated carbocycles. The van der Waals surface area contributed by atoms with Crippen molar-refractivity contribution in [3.05, 3.63) is 47.5 Å². The van der Waals surface area contributed by atoms with E-state index in [1.54, 1.807) is 0 Å². The second kappa shape index (κ2) is 11.4. The van der Waals surface area contributed by atoms with Crippen LogP contribution >= 0.6 is 24.0 Å². The summed E-state index contributed by atoms with van der Waals surface area (Å²) in [5.41, 5.74) is 1.20. The van der Waals surface area contributed by atoms with Crippen LogP contribution in [-0.2, 0) is 20.1 Å². The van der Waals surface area contributed by atoms with E-state index < -0.39 is 0 Å². The minimum absolute atomic E-state index is 0. The van der Waals surface area contributed by atoms with Gasteiger partial charge in [-0.15, -0.1) is 34.2 Å². The SMILES string of the molecule is CCN1CCCC1CNC(=NCc1ccccc1)NCc1nnc(C)n1C.I. The molecule has 154 valence electrons. The second-order valence-corrected chi connectivity index (χ2v) is 7.03. The first-order valence-electron chi connectivity index (χ1n) is 9.82. The van der Waals surface area contributed by atoms with Gasteiger partial charge in [-0.1, -0.05) is 37.3 Å². The number of aromatic nitrogens is 3. The summed E-state index contributed by atoms with van der Waals surface area (Å²) in [6.07, 6.45) is 2.53. The average Bonchev–Trinajstić information content (AvgIpc) is 3.29. The maximum Gasteiger partial charge on any atom is 0.192 e. The van der Waals surface area contributed by atoms with Crippen LogP contribution in [0.5, 0.6) is 0 Å². The molecule has 2 aromatic rings. The Hall–Kier alpha value is -1.68. The Morgan fingerprint density at radius 1 is 1.21 bits per heavy atom. The molecule has 28 heavy (non-hydrogen) atoms. The minimum atomic E-state index is 0. The number of likely N-dealkylation sites (tertiary alicyclic amines) is 1. The van der Waals surface area contributed by atoms with Crippen LogP contribution in [0.4, 0.5) is 0 Å². The normalized spacial score (nSPS) is 17.4. The fraction of sp³-hybridized carbons (Fsp3) is 0.550. The lowest BCUT2D eigenvalue weighted by atomic mass is 10.2. The molecular weight excluding hydrogens is 465 g/mol. The third-order valence-corrected chi connectivity index (χ3v) is 5.27. The summed E-state index contributed by atoms with van der Waals surface area (Å²) in [5.74, 6) is 2.63. The van der Waals surface area contributed by atoms with Gasteiger partial charge >= 0.3 is 0 Å². The average molecular weight is 497 g/mol. The molecule has 0 amide bonds. The number of likely N-dealkylation sites (N-methyl/N-ethyl adjacent to an activating group) is 1. The summed E-state index contributed by atoms with van der Waals surface area (Å²) < 4.78 is 2.00. The highest BCUT2D eigenvalue weighted by atomic mass is 127. The largest absolute Gasteiger partial charge is 0.355 e. The Morgan fingerprint density at radius 3 is 2.68 bits per heavy atom. The van der Waals surface area contributed by atoms with Gasteiger partial charge in [0, 0.05) is 19.6 Å². The molecule has 1 saturated heterocycles. The number of hydrogen-bond donors (Lipinski definition) is 2. The Balaban J connectivity index is 0.00000280. The highest BCUT2D eigenvalue weighted by Crippen LogP contribution is 2.15. The number of rotatable bonds is 7. The molecule has 7 nitrogen and oxygen atoms in total. The number of benzene rings is 1. The zero-order valence-electron chi connectivity index (χ0n) is 17.1. The van der Waals surface area contributed by atoms with Crippen molar-refractivity contribution < 1.29 is 0 Å². The molecule has 8 heteroatoms. The zero-order valence-corrected chi connectivity index (χ0v) is 19.4. The van der Waals surface area contributed by atoms with Crippen molar-refractivity contribution in [2.75, 3.05) is 19.6 Å². The molecule has 1 aliphatic rings. The van der Waals surface area contributed by atoms with Gasteiger partial charge in [-0.25, -0.2) is 4.99 Å². The standard InChI is InChI=1S/C20H31N7.HI/c1-4-27-12-8-11-18(27)14-22-20(21-13-17-9-6-5-7-10-17)23-15-19-25-24-16(2)26(19)3;/h5-7,9-10,18H,4,8,11-15H2,1-3H3,(H2,21,22,23);1H. The first-order chi connectivity index (χ1) is 13.2. The van der Waals surface area contributed by atoms with Gasteiger partial charge in [0.2, 0.25) is 0 Å². The lowest BCUT2D eigenvalue weighted by Crippen LogP contribution is -2.44. The fourth-order valence-corrected chi connectivity index (χ4v) is 3.45. The molecule has 1 aromatic carbocycles. The fourth-order valence-electron chi connectivity index (χ4n) is 3.45. The van der Waals surface area contributed by atoms with Crippen LogP contribution in [0.2, 0.25) is 0 Å². The molecule has 1 atom stereocenters. The first kappa shape index (κ1) is 22.6. The van der Waals surface area contributed by atoms with Crippen molar-refractivity contribution in [1.29, 1.82) is 0 Å². The van der Waals surface area contributed by atoms with Gasteiger partial charge in [0.05, 0.1) is 13.1 Å². The lowest BCUT2D eigenvalue weighted by molar-refractivity contribution is 0.267. The van der Waals surface area contributed by atoms with Crippen molar-refractivity contribution >= 4 is 29.9 Å². The zero-order chi connectivity index (χ0) is 19.1. The summed E-state index contributed by atoms with van der Waals surface area (Å²) >= 11 is 0. The topological polar surface area (TPSA) is 70.4 Å². The minimum Gasteiger partial charge on any atom is -0.355 e. The van der Waals surface area contributed by atoms with Gasteiger partial charge in [0.15, 0.2) is 11.8 Å². The Labute approximate surface area is 185 Å². The maximum atomic E-state index is 4.78. The summed E-state index contributed by atoms with van der Waals surface area (Å²) in [6, 6.07) is 10.9. The molecule has 1 aromatic heterocycles. The van der Waals surface area contributed by atoms with Gasteiger partial charge in [-0.3, -0.25) is 4.90 Å². The highest BCUT2D eigenvalue weighted by molar-refractivity contribution is 14.0. The Bertz CT molecular complexity index is 744. The first-order valence-corrected chi connectivity index (χ1v) is 9.82. The van der Waals surface area contributed by atoms with E-state index in [2.05, 4.69) is 44.8 Å². The van der Waals surface area contributed by atoms with Gasteiger partial charge < -0.3 is 15.2 Å². The molecule has 1 fully saturated rings. The van der Waals surface area contributed by atoms with Crippen LogP contribution in [-0.4, -0.2) is 51.3 Å². The summed E-state index contributed by atoms with van der Waals surface area (Å²) in [4.78, 5) is 7.31. The number of guanidine groups is 1. The third kappa shape index (κ3) is 6.16. The summed E-state index contributed by atoms with van der Waals surface area (Å²) in [6.45, 7) is 8.65. The number of aryl methyl sites for hydroxylation is 1. The van der Waals surface area contributed by atoms with Gasteiger partial charge in [0.1, 0.15) is 5.82 Å². The lowest BCUT2D eigenvalue weighted by Gasteiger charge is -2.24. The van der Waals surface area contributed by atoms with Crippen LogP contribution in [0.25, 0.3) is 0 Å². The van der Waals surface area contributed by atoms with Crippen molar-refractivity contribution in [3.63, 3.8) is 0 Å². The van der Waals surface area contributed by atoms with Crippen molar-refractivity contribution in [1.82, 2.24) is 30.3 Å². The molecular formula is C20H32IN7. The van der Waals surface area contributed by atoms with Crippen LogP contribution in [0, 0.1) is 6.92 Å². The molecule has 3 rings (SSSR count). The van der Waals surface area contributed by atoms with E-state index in [1.807, 2.05) is 36.7 Å². The van der Waals surface area contributed by atoms with Gasteiger partial charge in [-0.2, -0.15) is 0 Å². The molecule has 0 bridgehead atoms. The van der Waals surface area contributed by atoms with Gasteiger partial charge in [-0.05, 0) is 38.4 Å². The van der Waals surface area contributed by atoms with Crippen molar-refractivity contribution in [3.8, 4) is 0 Å². The molecule has 1 unspecified atom stereocenters. The summed E-state index contributed by atoms with van der Waals surface area (Å²) in [5, 5.41) is 15.3. The quantitative estimate of drug-likeness (QED) is 0.350. The second-order valence-electron chi connectivity index (χ2n) is 7.03. The highest BCUT2D eigenvalue weighted by Gasteiger charge is 2.22. The van der Waals surface area contributed by atoms with E-state index in [1.165, 1.54) is 24.9 Å². The molecule has 1 aliphatic heterocycles. The Kier molecular flexibility index (Phi) is 9.17. The third-order valence-electron chi connectivity index (χ3n) is 5.27. The smallest absolute Gasteiger partial charge is 0.192 e. The molecule has 2 heterocycles. The van der Waals surface area contributed by atoms with E-state index in [0.717, 1.165) is 30.7 Å². The van der Waals surface area contributed by atoms with Crippen molar-refractivity contribution in [2.24, 2.45) is 12.0 Å². The van der Waals surface area contributed by atoms with E-state index in [-0.39, 0.29) is 24.0 Å². The van der Waals surface area contributed by atoms with Crippen LogP contribution in [0.1, 0.15) is 37.0 Å². The van der Waals surface area contributed by atoms with Crippen LogP contribution in [0.3, 0.4) is 0 Å². The monoisotopic (exact) mass is 497 g/mol. The van der Waals surface area contributed by atoms with Crippen LogP contribution < -0.4 is 10.6 Å². The molecule has 0 radical (unpaired) electrons. The van der Waals surface area contributed by atoms with E-state index >= 15 is 0 Å². The van der Waals surface area contributed by atoms with Crippen molar-refractivity contribution in [2.45, 2.75) is 45.8 Å². The van der Waals surface area contributed by atoms with Crippen LogP contribution in [0.15, 0.2) is 35.3 Å². The number of nitrogens with one attached hydrogen (secondary N) is 2. The van der Waals surface area contributed by atoms with E-state index in [9.17, 15) is 0 Å². The maximum absolute atomic E-state index is 4.78. The number of halogens is 1. The molecule has 2 N–H and O–H groups in total.